The highest BCUT2D eigenvalue weighted by atomic mass is 35.5. The first-order valence-electron chi connectivity index (χ1n) is 12.1. The van der Waals surface area contributed by atoms with E-state index >= 15 is 0 Å². The van der Waals surface area contributed by atoms with Crippen LogP contribution in [0.15, 0.2) is 11.6 Å². The van der Waals surface area contributed by atoms with Crippen LogP contribution in [0, 0.1) is 23.7 Å². The molecule has 3 aliphatic rings. The Morgan fingerprint density at radius 3 is 2.55 bits per heavy atom. The highest BCUT2D eigenvalue weighted by molar-refractivity contribution is 7.99. The van der Waals surface area contributed by atoms with E-state index in [9.17, 15) is 5.26 Å². The lowest BCUT2D eigenvalue weighted by Crippen LogP contribution is -2.66. The fourth-order valence-corrected chi connectivity index (χ4v) is 7.26. The molecule has 180 valence electrons. The molecule has 2 heterocycles. The van der Waals surface area contributed by atoms with Crippen molar-refractivity contribution < 1.29 is 24.4 Å². The SMILES string of the molecule is C=C(Cl)COCCCCCCSC1OC2OC(C)CCC3C(C)CCC(C1C)C23OO. The minimum Gasteiger partial charge on any atom is -0.376 e. The maximum Gasteiger partial charge on any atom is 0.191 e. The highest BCUT2D eigenvalue weighted by Gasteiger charge is 2.64. The van der Waals surface area contributed by atoms with Crippen LogP contribution in [0.5, 0.6) is 0 Å². The monoisotopic (exact) mass is 476 g/mol. The van der Waals surface area contributed by atoms with Crippen molar-refractivity contribution in [3.8, 4) is 0 Å². The maximum atomic E-state index is 10.2. The Kier molecular flexibility index (Phi) is 10.0. The van der Waals surface area contributed by atoms with Crippen LogP contribution < -0.4 is 0 Å². The van der Waals surface area contributed by atoms with Crippen LogP contribution in [0.3, 0.4) is 0 Å². The Labute approximate surface area is 197 Å². The molecule has 0 aromatic carbocycles. The van der Waals surface area contributed by atoms with Gasteiger partial charge in [0.2, 0.25) is 0 Å². The zero-order valence-electron chi connectivity index (χ0n) is 19.4. The lowest BCUT2D eigenvalue weighted by molar-refractivity contribution is -0.438. The first kappa shape index (κ1) is 25.8. The van der Waals surface area contributed by atoms with Crippen molar-refractivity contribution >= 4 is 23.4 Å². The summed E-state index contributed by atoms with van der Waals surface area (Å²) in [4.78, 5) is 5.39. The van der Waals surface area contributed by atoms with Gasteiger partial charge in [-0.2, -0.15) is 0 Å². The number of thioether (sulfide) groups is 1. The molecular weight excluding hydrogens is 436 g/mol. The molecule has 2 aliphatic heterocycles. The molecule has 0 radical (unpaired) electrons. The summed E-state index contributed by atoms with van der Waals surface area (Å²) >= 11 is 7.59. The molecule has 0 aromatic heterocycles. The predicted molar refractivity (Wildman–Crippen MR) is 126 cm³/mol. The third-order valence-corrected chi connectivity index (χ3v) is 9.09. The van der Waals surface area contributed by atoms with Gasteiger partial charge >= 0.3 is 0 Å². The molecule has 7 heteroatoms. The maximum absolute atomic E-state index is 10.2. The molecule has 8 atom stereocenters. The molecule has 1 aliphatic carbocycles. The predicted octanol–water partition coefficient (Wildman–Crippen LogP) is 6.46. The van der Waals surface area contributed by atoms with Crippen molar-refractivity contribution in [2.45, 2.75) is 95.6 Å². The van der Waals surface area contributed by atoms with Crippen molar-refractivity contribution in [1.82, 2.24) is 0 Å². The van der Waals surface area contributed by atoms with E-state index in [1.54, 1.807) is 0 Å². The standard InChI is InChI=1S/C24H41ClO5S/c1-16-9-11-21-19(4)22(31-14-8-6-5-7-13-27-15-17(2)25)29-23-24(21,30-26)20(16)12-10-18(3)28-23/h16,18-23,26H,2,5-15H2,1,3-4H3. The minimum atomic E-state index is -0.729. The Morgan fingerprint density at radius 2 is 1.81 bits per heavy atom. The van der Waals surface area contributed by atoms with Crippen molar-refractivity contribution in [1.29, 1.82) is 0 Å². The van der Waals surface area contributed by atoms with Crippen LogP contribution in [0.25, 0.3) is 0 Å². The lowest BCUT2D eigenvalue weighted by atomic mass is 9.58. The summed E-state index contributed by atoms with van der Waals surface area (Å²) in [5.41, 5.74) is -0.650. The van der Waals surface area contributed by atoms with E-state index in [4.69, 9.17) is 30.7 Å². The molecule has 0 spiro atoms. The van der Waals surface area contributed by atoms with Gasteiger partial charge in [0, 0.05) is 17.6 Å². The number of halogens is 1. The van der Waals surface area contributed by atoms with Crippen LogP contribution in [0.4, 0.5) is 0 Å². The zero-order chi connectivity index (χ0) is 22.4. The summed E-state index contributed by atoms with van der Waals surface area (Å²) in [5.74, 6) is 2.42. The smallest absolute Gasteiger partial charge is 0.191 e. The largest absolute Gasteiger partial charge is 0.376 e. The first-order chi connectivity index (χ1) is 14.9. The second-order valence-corrected chi connectivity index (χ2v) is 11.5. The summed E-state index contributed by atoms with van der Waals surface area (Å²) in [6, 6.07) is 0. The van der Waals surface area contributed by atoms with Crippen molar-refractivity contribution in [2.75, 3.05) is 19.0 Å². The number of hydrogen-bond donors (Lipinski definition) is 1. The average molecular weight is 477 g/mol. The fourth-order valence-electron chi connectivity index (χ4n) is 5.91. The van der Waals surface area contributed by atoms with Gasteiger partial charge in [-0.05, 0) is 69.0 Å². The second kappa shape index (κ2) is 12.0. The van der Waals surface area contributed by atoms with Gasteiger partial charge in [0.1, 0.15) is 5.44 Å². The Hall–Kier alpha value is 0.180. The van der Waals surface area contributed by atoms with E-state index in [0.29, 0.717) is 23.5 Å². The normalized spacial score (nSPS) is 40.2. The minimum absolute atomic E-state index is 0.0793. The van der Waals surface area contributed by atoms with E-state index in [2.05, 4.69) is 27.4 Å². The number of hydrogen-bond acceptors (Lipinski definition) is 6. The zero-order valence-corrected chi connectivity index (χ0v) is 21.0. The van der Waals surface area contributed by atoms with Crippen molar-refractivity contribution in [3.63, 3.8) is 0 Å². The average Bonchev–Trinajstić information content (AvgIpc) is 2.88. The summed E-state index contributed by atoms with van der Waals surface area (Å²) in [5, 5.41) is 10.7. The second-order valence-electron chi connectivity index (χ2n) is 9.79. The molecule has 0 bridgehead atoms. The quantitative estimate of drug-likeness (QED) is 0.210. The molecule has 3 fully saturated rings. The summed E-state index contributed by atoms with van der Waals surface area (Å²) in [7, 11) is 0. The van der Waals surface area contributed by atoms with Crippen LogP contribution in [-0.2, 0) is 19.1 Å². The van der Waals surface area contributed by atoms with E-state index in [1.807, 2.05) is 11.8 Å². The molecule has 31 heavy (non-hydrogen) atoms. The third-order valence-electron chi connectivity index (χ3n) is 7.59. The van der Waals surface area contributed by atoms with Gasteiger partial charge in [-0.25, -0.2) is 4.89 Å². The molecule has 3 rings (SSSR count). The molecule has 0 amide bonds. The Balaban J connectivity index is 1.51. The summed E-state index contributed by atoms with van der Waals surface area (Å²) in [6.07, 6.45) is 8.43. The van der Waals surface area contributed by atoms with E-state index in [0.717, 1.165) is 50.9 Å². The molecular formula is C24H41ClO5S. The van der Waals surface area contributed by atoms with Gasteiger partial charge in [0.05, 0.1) is 12.7 Å². The molecule has 8 unspecified atom stereocenters. The third kappa shape index (κ3) is 6.00. The van der Waals surface area contributed by atoms with Gasteiger partial charge in [0.25, 0.3) is 0 Å². The number of ether oxygens (including phenoxy) is 3. The highest BCUT2D eigenvalue weighted by Crippen LogP contribution is 2.57. The van der Waals surface area contributed by atoms with Gasteiger partial charge in [-0.1, -0.05) is 44.9 Å². The number of unbranched alkanes of at least 4 members (excludes halogenated alkanes) is 3. The van der Waals surface area contributed by atoms with Crippen LogP contribution in [0.1, 0.15) is 72.1 Å². The topological polar surface area (TPSA) is 57.2 Å². The summed E-state index contributed by atoms with van der Waals surface area (Å²) < 4.78 is 18.3. The molecule has 0 aromatic rings. The van der Waals surface area contributed by atoms with Crippen LogP contribution in [0.2, 0.25) is 0 Å². The van der Waals surface area contributed by atoms with Gasteiger partial charge < -0.3 is 14.2 Å². The molecule has 1 saturated carbocycles. The van der Waals surface area contributed by atoms with Gasteiger partial charge in [0.15, 0.2) is 11.9 Å². The fraction of sp³-hybridized carbons (Fsp3) is 0.917. The molecule has 2 saturated heterocycles. The first-order valence-corrected chi connectivity index (χ1v) is 13.5. The molecule has 1 N–H and O–H groups in total. The van der Waals surface area contributed by atoms with E-state index < -0.39 is 11.9 Å². The van der Waals surface area contributed by atoms with Crippen molar-refractivity contribution in [3.05, 3.63) is 11.6 Å². The van der Waals surface area contributed by atoms with Crippen molar-refractivity contribution in [2.24, 2.45) is 23.7 Å². The van der Waals surface area contributed by atoms with Gasteiger partial charge in [-0.3, -0.25) is 5.26 Å². The summed E-state index contributed by atoms with van der Waals surface area (Å²) in [6.45, 7) is 11.5. The van der Waals surface area contributed by atoms with E-state index in [-0.39, 0.29) is 23.4 Å². The van der Waals surface area contributed by atoms with Gasteiger partial charge in [-0.15, -0.1) is 11.8 Å². The Bertz CT molecular complexity index is 578. The van der Waals surface area contributed by atoms with Crippen LogP contribution in [-0.4, -0.2) is 47.7 Å². The molecule has 5 nitrogen and oxygen atoms in total. The van der Waals surface area contributed by atoms with E-state index in [1.165, 1.54) is 12.8 Å². The van der Waals surface area contributed by atoms with Crippen LogP contribution >= 0.6 is 23.4 Å². The Morgan fingerprint density at radius 1 is 1.06 bits per heavy atom. The lowest BCUT2D eigenvalue weighted by Gasteiger charge is -2.57. The number of rotatable bonds is 11.